The van der Waals surface area contributed by atoms with Crippen molar-refractivity contribution in [3.05, 3.63) is 89.8 Å². The van der Waals surface area contributed by atoms with Crippen molar-refractivity contribution in [3.8, 4) is 22.9 Å². The number of aromatic carboxylic acids is 1. The van der Waals surface area contributed by atoms with E-state index in [0.717, 1.165) is 6.07 Å². The van der Waals surface area contributed by atoms with Crippen LogP contribution in [-0.2, 0) is 6.54 Å². The number of carbonyl (C=O) groups excluding carboxylic acids is 1. The van der Waals surface area contributed by atoms with Crippen LogP contribution in [-0.4, -0.2) is 27.1 Å². The van der Waals surface area contributed by atoms with Gasteiger partial charge in [-0.15, -0.1) is 0 Å². The summed E-state index contributed by atoms with van der Waals surface area (Å²) < 4.78 is 34.2. The zero-order chi connectivity index (χ0) is 24.9. The number of anilines is 2. The smallest absolute Gasteiger partial charge is 0.337 e. The summed E-state index contributed by atoms with van der Waals surface area (Å²) in [6.45, 7) is 0.167. The molecule has 2 heterocycles. The second-order valence-corrected chi connectivity index (χ2v) is 7.33. The number of carboxylic acid groups (broad SMARTS) is 1. The van der Waals surface area contributed by atoms with E-state index >= 15 is 0 Å². The first-order chi connectivity index (χ1) is 16.8. The van der Waals surface area contributed by atoms with Crippen LogP contribution in [0.2, 0.25) is 0 Å². The molecule has 2 aromatic heterocycles. The topological polar surface area (TPSA) is 142 Å². The molecule has 0 spiro atoms. The number of benzene rings is 2. The summed E-state index contributed by atoms with van der Waals surface area (Å²) in [5.41, 5.74) is 6.89. The lowest BCUT2D eigenvalue weighted by atomic mass is 10.2. The number of H-pyrrole nitrogens is 1. The summed E-state index contributed by atoms with van der Waals surface area (Å²) in [5, 5.41) is 13.7. The molecule has 35 heavy (non-hydrogen) atoms. The number of nitrogens with one attached hydrogen (secondary N) is 3. The third-order valence-corrected chi connectivity index (χ3v) is 4.88. The fourth-order valence-electron chi connectivity index (χ4n) is 3.16. The van der Waals surface area contributed by atoms with Crippen molar-refractivity contribution in [3.63, 3.8) is 0 Å². The van der Waals surface area contributed by atoms with Gasteiger partial charge in [0.2, 0.25) is 0 Å². The van der Waals surface area contributed by atoms with E-state index in [-0.39, 0.29) is 29.2 Å². The van der Waals surface area contributed by atoms with E-state index < -0.39 is 23.6 Å². The van der Waals surface area contributed by atoms with Crippen LogP contribution in [0, 0.1) is 11.6 Å². The number of pyridine rings is 1. The summed E-state index contributed by atoms with van der Waals surface area (Å²) in [5.74, 6) is -2.04. The van der Waals surface area contributed by atoms with Gasteiger partial charge in [0.05, 0.1) is 28.3 Å². The summed E-state index contributed by atoms with van der Waals surface area (Å²) in [6, 6.07) is 11.6. The van der Waals surface area contributed by atoms with Gasteiger partial charge in [0.1, 0.15) is 23.1 Å². The van der Waals surface area contributed by atoms with Gasteiger partial charge in [0.15, 0.2) is 0 Å². The number of nitrogens with two attached hydrogens (primary N) is 1. The first kappa shape index (κ1) is 23.4. The minimum Gasteiger partial charge on any atom is -0.478 e. The molecule has 0 unspecified atom stereocenters. The van der Waals surface area contributed by atoms with Gasteiger partial charge >= 0.3 is 12.0 Å². The normalized spacial score (nSPS) is 10.6. The first-order valence-corrected chi connectivity index (χ1v) is 10.2. The second kappa shape index (κ2) is 10.0. The average molecular weight is 479 g/mol. The molecular formula is C24H19F2N5O4. The number of carboxylic acids is 1. The lowest BCUT2D eigenvalue weighted by molar-refractivity contribution is 0.0697. The Morgan fingerprint density at radius 3 is 2.46 bits per heavy atom. The molecule has 9 nitrogen and oxygen atoms in total. The van der Waals surface area contributed by atoms with Crippen LogP contribution in [0.1, 0.15) is 15.9 Å². The number of halogens is 2. The number of aromatic nitrogens is 2. The lowest BCUT2D eigenvalue weighted by Gasteiger charge is -2.12. The third-order valence-electron chi connectivity index (χ3n) is 4.88. The Balaban J connectivity index is 1.44. The maximum absolute atomic E-state index is 14.6. The lowest BCUT2D eigenvalue weighted by Crippen LogP contribution is -2.21. The van der Waals surface area contributed by atoms with Crippen molar-refractivity contribution in [2.24, 2.45) is 5.73 Å². The zero-order valence-corrected chi connectivity index (χ0v) is 18.0. The van der Waals surface area contributed by atoms with Crippen LogP contribution in [0.25, 0.3) is 11.4 Å². The molecule has 4 aromatic rings. The number of amides is 2. The van der Waals surface area contributed by atoms with E-state index in [4.69, 9.17) is 15.6 Å². The highest BCUT2D eigenvalue weighted by Crippen LogP contribution is 2.28. The molecule has 0 radical (unpaired) electrons. The molecule has 4 rings (SSSR count). The van der Waals surface area contributed by atoms with Crippen LogP contribution >= 0.6 is 0 Å². The van der Waals surface area contributed by atoms with E-state index in [9.17, 15) is 18.4 Å². The number of hydrogen-bond acceptors (Lipinski definition) is 5. The molecule has 0 aliphatic carbocycles. The van der Waals surface area contributed by atoms with E-state index in [2.05, 4.69) is 20.6 Å². The molecule has 0 saturated carbocycles. The van der Waals surface area contributed by atoms with Gasteiger partial charge in [-0.3, -0.25) is 4.98 Å². The molecular weight excluding hydrogens is 460 g/mol. The molecule has 0 aliphatic heterocycles. The van der Waals surface area contributed by atoms with Gasteiger partial charge in [-0.25, -0.2) is 18.4 Å². The zero-order valence-electron chi connectivity index (χ0n) is 18.0. The second-order valence-electron chi connectivity index (χ2n) is 7.33. The molecule has 0 saturated heterocycles. The highest BCUT2D eigenvalue weighted by molar-refractivity contribution is 6.00. The van der Waals surface area contributed by atoms with Crippen molar-refractivity contribution in [2.45, 2.75) is 6.54 Å². The van der Waals surface area contributed by atoms with Crippen LogP contribution in [0.15, 0.2) is 67.0 Å². The Morgan fingerprint density at radius 2 is 1.74 bits per heavy atom. The van der Waals surface area contributed by atoms with Gasteiger partial charge in [0.25, 0.3) is 0 Å². The van der Waals surface area contributed by atoms with Crippen molar-refractivity contribution >= 4 is 23.4 Å². The average Bonchev–Trinajstić information content (AvgIpc) is 3.33. The fraction of sp³-hybridized carbons (Fsp3) is 0.0417. The van der Waals surface area contributed by atoms with Gasteiger partial charge in [-0.1, -0.05) is 6.07 Å². The SMILES string of the molecule is NCc1ccc(F)c(NC(=O)Nc2ccc(Oc3ccnc(-c4cc(C(=O)O)c[nH]4)c3)cc2F)c1. The molecule has 6 N–H and O–H groups in total. The van der Waals surface area contributed by atoms with Crippen LogP contribution in [0.4, 0.5) is 25.0 Å². The third kappa shape index (κ3) is 5.60. The molecule has 2 aromatic carbocycles. The Labute approximate surface area is 197 Å². The van der Waals surface area contributed by atoms with Crippen molar-refractivity contribution < 1.29 is 28.2 Å². The fourth-order valence-corrected chi connectivity index (χ4v) is 3.16. The molecule has 0 aliphatic rings. The molecule has 11 heteroatoms. The van der Waals surface area contributed by atoms with E-state index in [1.54, 1.807) is 12.1 Å². The van der Waals surface area contributed by atoms with E-state index in [1.165, 1.54) is 48.8 Å². The van der Waals surface area contributed by atoms with E-state index in [0.29, 0.717) is 22.7 Å². The van der Waals surface area contributed by atoms with Crippen LogP contribution in [0.5, 0.6) is 11.5 Å². The Bertz CT molecular complexity index is 1410. The number of carbonyl (C=O) groups is 2. The minimum absolute atomic E-state index is 0.0807. The Hall–Kier alpha value is -4.77. The molecule has 0 atom stereocenters. The standard InChI is InChI=1S/C24H19F2N5O4/c25-17-3-1-13(11-27)7-20(17)31-24(34)30-19-4-2-15(9-18(19)26)35-16-5-6-28-22(10-16)21-8-14(12-29-21)23(32)33/h1-10,12,29H,11,27H2,(H,32,33)(H2,30,31,34). The van der Waals surface area contributed by atoms with Crippen molar-refractivity contribution in [1.29, 1.82) is 0 Å². The number of urea groups is 1. The maximum Gasteiger partial charge on any atom is 0.337 e. The van der Waals surface area contributed by atoms with Gasteiger partial charge in [-0.05, 0) is 42.0 Å². The largest absolute Gasteiger partial charge is 0.478 e. The Morgan fingerprint density at radius 1 is 0.971 bits per heavy atom. The van der Waals surface area contributed by atoms with Gasteiger partial charge in [-0.2, -0.15) is 0 Å². The summed E-state index contributed by atoms with van der Waals surface area (Å²) in [4.78, 5) is 30.3. The Kier molecular flexibility index (Phi) is 6.69. The number of aromatic amines is 1. The number of ether oxygens (including phenoxy) is 1. The van der Waals surface area contributed by atoms with Crippen LogP contribution < -0.4 is 21.1 Å². The van der Waals surface area contributed by atoms with Gasteiger partial charge < -0.3 is 31.2 Å². The maximum atomic E-state index is 14.6. The molecule has 2 amide bonds. The van der Waals surface area contributed by atoms with Crippen molar-refractivity contribution in [2.75, 3.05) is 10.6 Å². The number of nitrogens with zero attached hydrogens (tertiary/aromatic N) is 1. The summed E-state index contributed by atoms with van der Waals surface area (Å²) >= 11 is 0. The first-order valence-electron chi connectivity index (χ1n) is 10.2. The molecule has 178 valence electrons. The van der Waals surface area contributed by atoms with Crippen molar-refractivity contribution in [1.82, 2.24) is 9.97 Å². The molecule has 0 bridgehead atoms. The highest BCUT2D eigenvalue weighted by Gasteiger charge is 2.13. The van der Waals surface area contributed by atoms with E-state index in [1.807, 2.05) is 0 Å². The monoisotopic (exact) mass is 479 g/mol. The minimum atomic E-state index is -1.08. The summed E-state index contributed by atoms with van der Waals surface area (Å²) in [6.07, 6.45) is 2.80. The molecule has 0 fully saturated rings. The van der Waals surface area contributed by atoms with Crippen LogP contribution in [0.3, 0.4) is 0 Å². The number of rotatable bonds is 7. The highest BCUT2D eigenvalue weighted by atomic mass is 19.1. The van der Waals surface area contributed by atoms with Gasteiger partial charge in [0, 0.05) is 31.1 Å². The summed E-state index contributed by atoms with van der Waals surface area (Å²) in [7, 11) is 0. The predicted octanol–water partition coefficient (Wildman–Crippen LogP) is 4.95. The predicted molar refractivity (Wildman–Crippen MR) is 124 cm³/mol. The quantitative estimate of drug-likeness (QED) is 0.254. The number of hydrogen-bond donors (Lipinski definition) is 5.